The van der Waals surface area contributed by atoms with Crippen molar-refractivity contribution in [3.05, 3.63) is 156 Å². The van der Waals surface area contributed by atoms with Crippen LogP contribution in [0.4, 0.5) is 0 Å². The molecule has 2 unspecified atom stereocenters. The molecule has 47 heavy (non-hydrogen) atoms. The molecule has 5 heteroatoms. The lowest BCUT2D eigenvalue weighted by molar-refractivity contribution is 0.352. The van der Waals surface area contributed by atoms with Crippen LogP contribution in [-0.2, 0) is 4.57 Å². The summed E-state index contributed by atoms with van der Waals surface area (Å²) in [6.45, 7) is 0. The van der Waals surface area contributed by atoms with E-state index in [-0.39, 0.29) is 6.04 Å². The third-order valence-corrected chi connectivity index (χ3v) is 13.5. The molecule has 222 valence electrons. The fourth-order valence-corrected chi connectivity index (χ4v) is 11.5. The average Bonchev–Trinajstić information content (AvgIpc) is 3.46. The second kappa shape index (κ2) is 9.03. The van der Waals surface area contributed by atoms with E-state index in [0.717, 1.165) is 54.3 Å². The lowest BCUT2D eigenvalue weighted by Gasteiger charge is -2.40. The molecule has 0 amide bonds. The van der Waals surface area contributed by atoms with Crippen LogP contribution in [0.25, 0.3) is 54.1 Å². The minimum atomic E-state index is -3.37. The highest BCUT2D eigenvalue weighted by atomic mass is 31.2. The van der Waals surface area contributed by atoms with Gasteiger partial charge in [0, 0.05) is 33.6 Å². The van der Waals surface area contributed by atoms with Crippen LogP contribution in [-0.4, -0.2) is 4.57 Å². The summed E-state index contributed by atoms with van der Waals surface area (Å²) < 4.78 is 32.3. The van der Waals surface area contributed by atoms with E-state index in [9.17, 15) is 0 Å². The highest BCUT2D eigenvalue weighted by molar-refractivity contribution is 7.83. The molecular weight excluding hydrogens is 597 g/mol. The zero-order valence-corrected chi connectivity index (χ0v) is 26.1. The molecule has 0 saturated heterocycles. The number of aromatic nitrogens is 1. The van der Waals surface area contributed by atoms with Crippen molar-refractivity contribution in [2.75, 3.05) is 0 Å². The van der Waals surface area contributed by atoms with Crippen LogP contribution in [0.15, 0.2) is 156 Å². The third-order valence-electron chi connectivity index (χ3n) is 10.3. The number of ether oxygens (including phenoxy) is 2. The van der Waals surface area contributed by atoms with E-state index >= 15 is 4.57 Å². The van der Waals surface area contributed by atoms with Gasteiger partial charge in [-0.05, 0) is 63.3 Å². The van der Waals surface area contributed by atoms with Crippen LogP contribution in [0.3, 0.4) is 0 Å². The van der Waals surface area contributed by atoms with Gasteiger partial charge in [0.2, 0.25) is 0 Å². The Bertz CT molecular complexity index is 2730. The molecule has 2 aliphatic heterocycles. The first-order valence-corrected chi connectivity index (χ1v) is 17.8. The summed E-state index contributed by atoms with van der Waals surface area (Å²) in [6, 6.07) is 46.0. The number of para-hydroxylation sites is 3. The molecule has 0 saturated carbocycles. The zero-order valence-electron chi connectivity index (χ0n) is 25.2. The Kier molecular flexibility index (Phi) is 4.92. The maximum absolute atomic E-state index is 16.1. The van der Waals surface area contributed by atoms with Crippen molar-refractivity contribution in [1.82, 2.24) is 4.57 Å². The number of fused-ring (bicyclic) bond motifs is 14. The molecule has 3 aliphatic rings. The molecule has 3 heterocycles. The van der Waals surface area contributed by atoms with Gasteiger partial charge in [-0.1, -0.05) is 103 Å². The summed E-state index contributed by atoms with van der Waals surface area (Å²) in [4.78, 5) is 0. The first-order chi connectivity index (χ1) is 23.2. The predicted octanol–water partition coefficient (Wildman–Crippen LogP) is 10.1. The second-order valence-electron chi connectivity index (χ2n) is 12.7. The number of rotatable bonds is 1. The molecule has 2 atom stereocenters. The van der Waals surface area contributed by atoms with Gasteiger partial charge in [0.15, 0.2) is 7.14 Å². The quantitative estimate of drug-likeness (QED) is 0.135. The third kappa shape index (κ3) is 3.21. The van der Waals surface area contributed by atoms with Gasteiger partial charge in [-0.3, -0.25) is 0 Å². The molecule has 8 aromatic rings. The van der Waals surface area contributed by atoms with Crippen molar-refractivity contribution >= 4 is 71.9 Å². The van der Waals surface area contributed by atoms with E-state index in [1.807, 2.05) is 30.3 Å². The minimum absolute atomic E-state index is 0.110. The molecule has 1 aliphatic carbocycles. The lowest BCUT2D eigenvalue weighted by Crippen LogP contribution is -2.34. The predicted molar refractivity (Wildman–Crippen MR) is 192 cm³/mol. The molecule has 0 fully saturated rings. The van der Waals surface area contributed by atoms with Gasteiger partial charge in [-0.25, -0.2) is 0 Å². The average molecular weight is 624 g/mol. The number of allylic oxidation sites excluding steroid dienone is 3. The van der Waals surface area contributed by atoms with E-state index < -0.39 is 7.14 Å². The normalized spacial score (nSPS) is 19.7. The van der Waals surface area contributed by atoms with Gasteiger partial charge in [-0.15, -0.1) is 0 Å². The van der Waals surface area contributed by atoms with E-state index in [0.29, 0.717) is 29.0 Å². The molecule has 4 nitrogen and oxygen atoms in total. The van der Waals surface area contributed by atoms with Gasteiger partial charge in [0.25, 0.3) is 0 Å². The maximum Gasteiger partial charge on any atom is 0.185 e. The van der Waals surface area contributed by atoms with Gasteiger partial charge in [0.1, 0.15) is 28.3 Å². The van der Waals surface area contributed by atoms with Crippen LogP contribution >= 0.6 is 7.14 Å². The Morgan fingerprint density at radius 2 is 1.11 bits per heavy atom. The second-order valence-corrected chi connectivity index (χ2v) is 15.3. The first kappa shape index (κ1) is 25.6. The molecular formula is C42H26NO3P. The molecule has 0 bridgehead atoms. The number of nitrogens with zero attached hydrogens (tertiary/aromatic N) is 1. The van der Waals surface area contributed by atoms with Gasteiger partial charge in [0.05, 0.1) is 16.7 Å². The summed E-state index contributed by atoms with van der Waals surface area (Å²) in [5.74, 6) is 2.70. The smallest absolute Gasteiger partial charge is 0.185 e. The van der Waals surface area contributed by atoms with E-state index in [2.05, 4.69) is 114 Å². The molecule has 7 aromatic carbocycles. The van der Waals surface area contributed by atoms with Crippen molar-refractivity contribution < 1.29 is 14.0 Å². The highest BCUT2D eigenvalue weighted by Gasteiger charge is 2.50. The van der Waals surface area contributed by atoms with Crippen LogP contribution < -0.4 is 20.1 Å². The van der Waals surface area contributed by atoms with Crippen LogP contribution in [0, 0.1) is 0 Å². The molecule has 0 radical (unpaired) electrons. The van der Waals surface area contributed by atoms with Crippen LogP contribution in [0.2, 0.25) is 0 Å². The molecule has 0 N–H and O–H groups in total. The van der Waals surface area contributed by atoms with Crippen LogP contribution in [0.1, 0.15) is 12.5 Å². The van der Waals surface area contributed by atoms with Gasteiger partial charge in [-0.2, -0.15) is 0 Å². The van der Waals surface area contributed by atoms with Crippen molar-refractivity contribution in [1.29, 1.82) is 0 Å². The van der Waals surface area contributed by atoms with Gasteiger partial charge >= 0.3 is 0 Å². The zero-order chi connectivity index (χ0) is 30.9. The van der Waals surface area contributed by atoms with Gasteiger partial charge < -0.3 is 18.6 Å². The van der Waals surface area contributed by atoms with Crippen molar-refractivity contribution in [2.45, 2.75) is 12.5 Å². The molecule has 11 rings (SSSR count). The summed E-state index contributed by atoms with van der Waals surface area (Å²) in [5, 5.41) is 11.3. The van der Waals surface area contributed by atoms with Crippen molar-refractivity contribution in [3.8, 4) is 11.5 Å². The Morgan fingerprint density at radius 1 is 0.553 bits per heavy atom. The maximum atomic E-state index is 16.1. The number of benzene rings is 7. The first-order valence-electron chi connectivity index (χ1n) is 16.1. The van der Waals surface area contributed by atoms with E-state index in [4.69, 9.17) is 9.47 Å². The topological polar surface area (TPSA) is 40.5 Å². The Balaban J connectivity index is 1.23. The fourth-order valence-electron chi connectivity index (χ4n) is 8.44. The standard InChI is InChI=1S/C42H26NO3P/c44-47-38-20-10-9-19-35(38)45-36-23-25(43-33-17-7-5-14-29(33)30-15-6-8-18-34(30)43)24-37(42(36)47)46-41-39(47)22-21-32-28-13-2-1-11-26(28)27-12-3-4-16-31(27)40(32)41/h1-23,25H,24H2. The Labute approximate surface area is 270 Å². The minimum Gasteiger partial charge on any atom is -0.459 e. The van der Waals surface area contributed by atoms with Crippen LogP contribution in [0.5, 0.6) is 11.5 Å². The fraction of sp³-hybridized carbons (Fsp3) is 0.0476. The Hall–Kier alpha value is -5.57. The monoisotopic (exact) mass is 623 g/mol. The summed E-state index contributed by atoms with van der Waals surface area (Å²) >= 11 is 0. The SMILES string of the molecule is O=P12C3=C(CC(n4c5ccccc5c5ccccc54)C=C3Oc3ccccc31)Oc1c2ccc2c3ccccc3c3ccccc3c12. The Morgan fingerprint density at radius 3 is 1.81 bits per heavy atom. The lowest BCUT2D eigenvalue weighted by atomic mass is 9.94. The highest BCUT2D eigenvalue weighted by Crippen LogP contribution is 2.66. The molecule has 1 aromatic heterocycles. The largest absolute Gasteiger partial charge is 0.459 e. The molecule has 0 spiro atoms. The number of hydrogen-bond donors (Lipinski definition) is 0. The van der Waals surface area contributed by atoms with Crippen molar-refractivity contribution in [3.63, 3.8) is 0 Å². The summed E-state index contributed by atoms with van der Waals surface area (Å²) in [6.07, 6.45) is 2.72. The van der Waals surface area contributed by atoms with E-state index in [1.54, 1.807) is 0 Å². The summed E-state index contributed by atoms with van der Waals surface area (Å²) in [5.41, 5.74) is 2.30. The van der Waals surface area contributed by atoms with E-state index in [1.165, 1.54) is 16.2 Å². The summed E-state index contributed by atoms with van der Waals surface area (Å²) in [7, 11) is -3.37. The number of hydrogen-bond acceptors (Lipinski definition) is 3. The van der Waals surface area contributed by atoms with Crippen molar-refractivity contribution in [2.24, 2.45) is 0 Å².